The van der Waals surface area contributed by atoms with Crippen LogP contribution in [0.3, 0.4) is 0 Å². The summed E-state index contributed by atoms with van der Waals surface area (Å²) in [6.45, 7) is 0. The molecule has 0 unspecified atom stereocenters. The van der Waals surface area contributed by atoms with Crippen molar-refractivity contribution in [3.05, 3.63) is 188 Å². The van der Waals surface area contributed by atoms with Gasteiger partial charge in [-0.1, -0.05) is 133 Å². The second kappa shape index (κ2) is 11.9. The van der Waals surface area contributed by atoms with Crippen LogP contribution in [0.2, 0.25) is 0 Å². The molecular formula is C48H31N3. The Hall–Kier alpha value is -6.84. The van der Waals surface area contributed by atoms with E-state index in [4.69, 9.17) is 9.97 Å². The first-order valence-corrected chi connectivity index (χ1v) is 17.3. The molecule has 238 valence electrons. The molecule has 0 aliphatic rings. The van der Waals surface area contributed by atoms with E-state index in [1.54, 1.807) is 0 Å². The molecule has 2 aromatic heterocycles. The Labute approximate surface area is 295 Å². The smallest absolute Gasteiger partial charge is 0.160 e. The molecule has 0 fully saturated rings. The third-order valence-corrected chi connectivity index (χ3v) is 9.99. The van der Waals surface area contributed by atoms with Crippen LogP contribution < -0.4 is 0 Å². The second-order valence-electron chi connectivity index (χ2n) is 13.1. The van der Waals surface area contributed by atoms with E-state index in [1.165, 1.54) is 49.3 Å². The number of hydrogen-bond acceptors (Lipinski definition) is 2. The molecule has 0 saturated heterocycles. The first-order valence-electron chi connectivity index (χ1n) is 17.3. The Morgan fingerprint density at radius 3 is 1.65 bits per heavy atom. The van der Waals surface area contributed by atoms with Crippen molar-refractivity contribution in [2.24, 2.45) is 0 Å². The quantitative estimate of drug-likeness (QED) is 0.186. The third-order valence-electron chi connectivity index (χ3n) is 9.99. The van der Waals surface area contributed by atoms with E-state index in [0.29, 0.717) is 5.82 Å². The molecule has 0 aliphatic heterocycles. The molecule has 0 saturated carbocycles. The van der Waals surface area contributed by atoms with Gasteiger partial charge in [0.15, 0.2) is 5.82 Å². The molecule has 2 heterocycles. The van der Waals surface area contributed by atoms with Gasteiger partial charge in [-0.15, -0.1) is 0 Å². The molecule has 0 spiro atoms. The predicted molar refractivity (Wildman–Crippen MR) is 213 cm³/mol. The molecule has 0 atom stereocenters. The maximum absolute atomic E-state index is 5.29. The minimum Gasteiger partial charge on any atom is -0.309 e. The first kappa shape index (κ1) is 29.1. The summed E-state index contributed by atoms with van der Waals surface area (Å²) in [7, 11) is 0. The van der Waals surface area contributed by atoms with Crippen LogP contribution in [0.1, 0.15) is 0 Å². The maximum atomic E-state index is 5.29. The minimum absolute atomic E-state index is 0.705. The largest absolute Gasteiger partial charge is 0.309 e. The van der Waals surface area contributed by atoms with Crippen molar-refractivity contribution in [3.63, 3.8) is 0 Å². The number of benzene rings is 8. The Kier molecular flexibility index (Phi) is 6.81. The highest BCUT2D eigenvalue weighted by atomic mass is 15.0. The van der Waals surface area contributed by atoms with Gasteiger partial charge in [-0.25, -0.2) is 9.97 Å². The zero-order chi connectivity index (χ0) is 33.7. The first-order chi connectivity index (χ1) is 25.3. The van der Waals surface area contributed by atoms with Gasteiger partial charge in [-0.05, 0) is 87.6 Å². The lowest BCUT2D eigenvalue weighted by Crippen LogP contribution is -1.97. The summed E-state index contributed by atoms with van der Waals surface area (Å²) in [5.41, 5.74) is 12.0. The van der Waals surface area contributed by atoms with Crippen molar-refractivity contribution in [1.29, 1.82) is 0 Å². The van der Waals surface area contributed by atoms with E-state index in [9.17, 15) is 0 Å². The monoisotopic (exact) mass is 649 g/mol. The number of para-hydroxylation sites is 1. The van der Waals surface area contributed by atoms with Gasteiger partial charge in [0.1, 0.15) is 0 Å². The Bertz CT molecular complexity index is 2870. The molecular weight excluding hydrogens is 619 g/mol. The lowest BCUT2D eigenvalue weighted by Gasteiger charge is -2.13. The van der Waals surface area contributed by atoms with Gasteiger partial charge in [0.25, 0.3) is 0 Å². The highest BCUT2D eigenvalue weighted by Gasteiger charge is 2.16. The molecule has 8 aromatic carbocycles. The average Bonchev–Trinajstić information content (AvgIpc) is 3.53. The lowest BCUT2D eigenvalue weighted by molar-refractivity contribution is 1.17. The van der Waals surface area contributed by atoms with Crippen LogP contribution in [0, 0.1) is 0 Å². The van der Waals surface area contributed by atoms with E-state index >= 15 is 0 Å². The van der Waals surface area contributed by atoms with E-state index in [2.05, 4.69) is 180 Å². The van der Waals surface area contributed by atoms with E-state index in [1.807, 2.05) is 12.1 Å². The SMILES string of the molecule is c1ccc(-c2ccc(-c3nc(-c4ccc(-n5c6ccccc6c6cc7ccccc7cc65)cc4)nc4ccc(-c5ccccc5)cc34)cc2)cc1. The molecule has 0 N–H and O–H groups in total. The van der Waals surface area contributed by atoms with Gasteiger partial charge >= 0.3 is 0 Å². The molecule has 3 nitrogen and oxygen atoms in total. The second-order valence-corrected chi connectivity index (χ2v) is 13.1. The number of hydrogen-bond donors (Lipinski definition) is 0. The van der Waals surface area contributed by atoms with Crippen LogP contribution in [-0.2, 0) is 0 Å². The standard InChI is InChI=1S/C48H31N3/c1-3-11-32(12-4-1)34-19-21-35(22-20-34)47-43-30-39(33-13-5-2-6-14-33)25-28-44(43)49-48(50-47)36-23-26-40(27-24-36)51-45-18-10-9-17-41(45)42-29-37-15-7-8-16-38(37)31-46(42)51/h1-31H. The van der Waals surface area contributed by atoms with Gasteiger partial charge in [-0.3, -0.25) is 0 Å². The van der Waals surface area contributed by atoms with Crippen molar-refractivity contribution in [3.8, 4) is 50.6 Å². The minimum atomic E-state index is 0.705. The third kappa shape index (κ3) is 5.06. The fraction of sp³-hybridized carbons (Fsp3) is 0. The van der Waals surface area contributed by atoms with Crippen LogP contribution >= 0.6 is 0 Å². The number of aromatic nitrogens is 3. The average molecular weight is 650 g/mol. The fourth-order valence-electron chi connectivity index (χ4n) is 7.43. The topological polar surface area (TPSA) is 30.7 Å². The normalized spacial score (nSPS) is 11.5. The maximum Gasteiger partial charge on any atom is 0.160 e. The Balaban J connectivity index is 1.11. The molecule has 51 heavy (non-hydrogen) atoms. The highest BCUT2D eigenvalue weighted by molar-refractivity contribution is 6.13. The van der Waals surface area contributed by atoms with E-state index in [-0.39, 0.29) is 0 Å². The van der Waals surface area contributed by atoms with Crippen LogP contribution in [-0.4, -0.2) is 14.5 Å². The van der Waals surface area contributed by atoms with Crippen molar-refractivity contribution < 1.29 is 0 Å². The van der Waals surface area contributed by atoms with Gasteiger partial charge < -0.3 is 4.57 Å². The van der Waals surface area contributed by atoms with Crippen LogP contribution in [0.25, 0.3) is 94.1 Å². The van der Waals surface area contributed by atoms with Crippen molar-refractivity contribution >= 4 is 43.5 Å². The van der Waals surface area contributed by atoms with Crippen LogP contribution in [0.4, 0.5) is 0 Å². The molecule has 0 bridgehead atoms. The van der Waals surface area contributed by atoms with Crippen molar-refractivity contribution in [1.82, 2.24) is 14.5 Å². The van der Waals surface area contributed by atoms with Gasteiger partial charge in [0.2, 0.25) is 0 Å². The fourth-order valence-corrected chi connectivity index (χ4v) is 7.43. The highest BCUT2D eigenvalue weighted by Crippen LogP contribution is 2.37. The predicted octanol–water partition coefficient (Wildman–Crippen LogP) is 12.5. The number of nitrogens with zero attached hydrogens (tertiary/aromatic N) is 3. The molecule has 0 aliphatic carbocycles. The molecule has 0 amide bonds. The zero-order valence-corrected chi connectivity index (χ0v) is 27.7. The van der Waals surface area contributed by atoms with Crippen LogP contribution in [0.5, 0.6) is 0 Å². The summed E-state index contributed by atoms with van der Waals surface area (Å²) in [4.78, 5) is 10.4. The van der Waals surface area contributed by atoms with Crippen molar-refractivity contribution in [2.75, 3.05) is 0 Å². The number of rotatable bonds is 5. The van der Waals surface area contributed by atoms with Gasteiger partial charge in [0.05, 0.1) is 22.2 Å². The summed E-state index contributed by atoms with van der Waals surface area (Å²) in [5.74, 6) is 0.705. The molecule has 0 radical (unpaired) electrons. The number of fused-ring (bicyclic) bond motifs is 5. The summed E-state index contributed by atoms with van der Waals surface area (Å²) >= 11 is 0. The van der Waals surface area contributed by atoms with Crippen molar-refractivity contribution in [2.45, 2.75) is 0 Å². The Morgan fingerprint density at radius 2 is 0.902 bits per heavy atom. The van der Waals surface area contributed by atoms with Gasteiger partial charge in [-0.2, -0.15) is 0 Å². The Morgan fingerprint density at radius 1 is 0.333 bits per heavy atom. The summed E-state index contributed by atoms with van der Waals surface area (Å²) < 4.78 is 2.37. The molecule has 10 rings (SSSR count). The van der Waals surface area contributed by atoms with Gasteiger partial charge in [0, 0.05) is 33.0 Å². The van der Waals surface area contributed by atoms with E-state index < -0.39 is 0 Å². The lowest BCUT2D eigenvalue weighted by atomic mass is 9.98. The van der Waals surface area contributed by atoms with Crippen LogP contribution in [0.15, 0.2) is 188 Å². The summed E-state index contributed by atoms with van der Waals surface area (Å²) in [6, 6.07) is 66.8. The van der Waals surface area contributed by atoms with E-state index in [0.717, 1.165) is 39.0 Å². The molecule has 3 heteroatoms. The summed E-state index contributed by atoms with van der Waals surface area (Å²) in [6.07, 6.45) is 0. The summed E-state index contributed by atoms with van der Waals surface area (Å²) in [5, 5.41) is 6.01. The molecule has 10 aromatic rings. The zero-order valence-electron chi connectivity index (χ0n) is 27.7.